The Kier molecular flexibility index (Phi) is 8.00. The number of ether oxygens (including phenoxy) is 1. The number of sulfonamides is 1. The fourth-order valence-electron chi connectivity index (χ4n) is 1.87. The average Bonchev–Trinajstić information content (AvgIpc) is 3.00. The highest BCUT2D eigenvalue weighted by atomic mass is 32.2. The van der Waals surface area contributed by atoms with E-state index >= 15 is 0 Å². The first-order chi connectivity index (χ1) is 12.2. The second kappa shape index (κ2) is 9.51. The van der Waals surface area contributed by atoms with Crippen LogP contribution >= 0.6 is 11.3 Å². The van der Waals surface area contributed by atoms with Crippen LogP contribution in [0.5, 0.6) is 5.75 Å². The number of nitrogens with zero attached hydrogens (tertiary/aromatic N) is 2. The lowest BCUT2D eigenvalue weighted by Gasteiger charge is -2.15. The Balaban J connectivity index is 0.00000163. The van der Waals surface area contributed by atoms with Gasteiger partial charge in [-0.1, -0.05) is 25.2 Å². The van der Waals surface area contributed by atoms with Crippen molar-refractivity contribution >= 4 is 38.2 Å². The Bertz CT molecular complexity index is 832. The molecule has 0 saturated heterocycles. The molecule has 8 nitrogen and oxygen atoms in total. The lowest BCUT2D eigenvalue weighted by molar-refractivity contribution is 0.258. The Hall–Kier alpha value is -2.17. The number of rotatable bonds is 5. The van der Waals surface area contributed by atoms with Gasteiger partial charge in [0.05, 0.1) is 12.3 Å². The summed E-state index contributed by atoms with van der Waals surface area (Å²) in [6, 6.07) is 6.45. The fourth-order valence-corrected chi connectivity index (χ4v) is 3.78. The molecule has 2 aromatic rings. The first-order valence-corrected chi connectivity index (χ1v) is 10.4. The smallest absolute Gasteiger partial charge is 0.327 e. The topological polar surface area (TPSA) is 115 Å². The molecule has 3 N–H and O–H groups in total. The molecule has 0 radical (unpaired) electrons. The normalized spacial score (nSPS) is 10.5. The van der Waals surface area contributed by atoms with Crippen LogP contribution < -0.4 is 20.1 Å². The summed E-state index contributed by atoms with van der Waals surface area (Å²) in [4.78, 5) is 17.6. The zero-order valence-corrected chi connectivity index (χ0v) is 17.1. The zero-order chi connectivity index (χ0) is 19.9. The molecule has 2 rings (SSSR count). The van der Waals surface area contributed by atoms with Gasteiger partial charge in [-0.25, -0.2) is 23.3 Å². The van der Waals surface area contributed by atoms with Crippen LogP contribution in [0.4, 0.5) is 15.6 Å². The number of nitrogens with two attached hydrogens (primary N) is 1. The molecule has 10 heteroatoms. The minimum absolute atomic E-state index is 0.0572. The van der Waals surface area contributed by atoms with Crippen LogP contribution in [0.2, 0.25) is 0 Å². The SMILES string of the molecule is CC.CCOc1ccc(NC(=O)N(C)c2nc(C)c(S(N)(=O)=O)s2)cc1. The molecular weight excluding hydrogens is 376 g/mol. The second-order valence-corrected chi connectivity index (χ2v) is 7.60. The molecule has 0 aliphatic rings. The van der Waals surface area contributed by atoms with Crippen molar-refractivity contribution in [2.75, 3.05) is 23.9 Å². The number of hydrogen-bond donors (Lipinski definition) is 2. The van der Waals surface area contributed by atoms with Crippen molar-refractivity contribution in [2.45, 2.75) is 31.9 Å². The van der Waals surface area contributed by atoms with Crippen LogP contribution in [0.25, 0.3) is 0 Å². The summed E-state index contributed by atoms with van der Waals surface area (Å²) in [5.74, 6) is 0.706. The van der Waals surface area contributed by atoms with Crippen molar-refractivity contribution in [3.8, 4) is 5.75 Å². The second-order valence-electron chi connectivity index (χ2n) is 4.86. The van der Waals surface area contributed by atoms with E-state index in [9.17, 15) is 13.2 Å². The summed E-state index contributed by atoms with van der Waals surface area (Å²) < 4.78 is 28.2. The van der Waals surface area contributed by atoms with Crippen molar-refractivity contribution in [3.63, 3.8) is 0 Å². The third kappa shape index (κ3) is 5.68. The third-order valence-corrected chi connectivity index (χ3v) is 5.80. The van der Waals surface area contributed by atoms with Crippen molar-refractivity contribution in [1.29, 1.82) is 0 Å². The van der Waals surface area contributed by atoms with E-state index < -0.39 is 16.1 Å². The number of amides is 2. The van der Waals surface area contributed by atoms with Crippen LogP contribution in [0.15, 0.2) is 28.5 Å². The number of nitrogens with one attached hydrogen (secondary N) is 1. The van der Waals surface area contributed by atoms with Crippen molar-refractivity contribution in [2.24, 2.45) is 5.14 Å². The predicted molar refractivity (Wildman–Crippen MR) is 105 cm³/mol. The maximum Gasteiger partial charge on any atom is 0.327 e. The van der Waals surface area contributed by atoms with E-state index in [0.29, 0.717) is 18.0 Å². The van der Waals surface area contributed by atoms with Crippen LogP contribution in [-0.2, 0) is 10.0 Å². The molecule has 1 aromatic carbocycles. The van der Waals surface area contributed by atoms with Crippen LogP contribution in [-0.4, -0.2) is 33.1 Å². The van der Waals surface area contributed by atoms with E-state index in [0.717, 1.165) is 11.3 Å². The van der Waals surface area contributed by atoms with E-state index in [-0.39, 0.29) is 15.0 Å². The van der Waals surface area contributed by atoms with E-state index in [1.807, 2.05) is 20.8 Å². The van der Waals surface area contributed by atoms with Crippen LogP contribution in [0.1, 0.15) is 26.5 Å². The summed E-state index contributed by atoms with van der Waals surface area (Å²) in [5.41, 5.74) is 0.841. The number of aryl methyl sites for hydroxylation is 1. The molecular formula is C16H24N4O4S2. The van der Waals surface area contributed by atoms with E-state index in [1.165, 1.54) is 18.9 Å². The van der Waals surface area contributed by atoms with E-state index in [4.69, 9.17) is 9.88 Å². The zero-order valence-electron chi connectivity index (χ0n) is 15.4. The van der Waals surface area contributed by atoms with Gasteiger partial charge in [0.25, 0.3) is 0 Å². The Morgan fingerprint density at radius 3 is 2.35 bits per heavy atom. The van der Waals surface area contributed by atoms with Gasteiger partial charge >= 0.3 is 6.03 Å². The maximum atomic E-state index is 12.3. The summed E-state index contributed by atoms with van der Waals surface area (Å²) >= 11 is 0.843. The van der Waals surface area contributed by atoms with Crippen LogP contribution in [0.3, 0.4) is 0 Å². The fraction of sp³-hybridized carbons (Fsp3) is 0.375. The van der Waals surface area contributed by atoms with Gasteiger partial charge in [0, 0.05) is 12.7 Å². The predicted octanol–water partition coefficient (Wildman–Crippen LogP) is 3.19. The van der Waals surface area contributed by atoms with Gasteiger partial charge in [-0.3, -0.25) is 4.90 Å². The largest absolute Gasteiger partial charge is 0.494 e. The average molecular weight is 401 g/mol. The number of benzene rings is 1. The summed E-state index contributed by atoms with van der Waals surface area (Å²) in [6.07, 6.45) is 0. The molecule has 0 saturated carbocycles. The highest BCUT2D eigenvalue weighted by Gasteiger charge is 2.22. The molecule has 0 unspecified atom stereocenters. The summed E-state index contributed by atoms with van der Waals surface area (Å²) in [6.45, 7) is 7.97. The van der Waals surface area contributed by atoms with Gasteiger partial charge in [-0.05, 0) is 38.1 Å². The molecule has 0 aliphatic carbocycles. The number of primary sulfonamides is 1. The van der Waals surface area contributed by atoms with E-state index in [1.54, 1.807) is 24.3 Å². The number of hydrogen-bond acceptors (Lipinski definition) is 6. The molecule has 26 heavy (non-hydrogen) atoms. The molecule has 2 amide bonds. The molecule has 0 aliphatic heterocycles. The van der Waals surface area contributed by atoms with Crippen LogP contribution in [0, 0.1) is 6.92 Å². The number of thiazole rings is 1. The minimum Gasteiger partial charge on any atom is -0.494 e. The number of carbonyl (C=O) groups excluding carboxylic acids is 1. The number of carbonyl (C=O) groups is 1. The number of urea groups is 1. The van der Waals surface area contributed by atoms with E-state index in [2.05, 4.69) is 10.3 Å². The molecule has 0 spiro atoms. The highest BCUT2D eigenvalue weighted by molar-refractivity contribution is 7.91. The molecule has 1 aromatic heterocycles. The van der Waals surface area contributed by atoms with Crippen molar-refractivity contribution in [3.05, 3.63) is 30.0 Å². The summed E-state index contributed by atoms with van der Waals surface area (Å²) in [7, 11) is -2.36. The standard InChI is InChI=1S/C14H18N4O4S2.C2H6/c1-4-22-11-7-5-10(6-8-11)17-13(19)18(3)14-16-9(2)12(23-14)24(15,20)21;1-2/h5-8H,4H2,1-3H3,(H,17,19)(H2,15,20,21);1-2H3. The monoisotopic (exact) mass is 400 g/mol. The quantitative estimate of drug-likeness (QED) is 0.800. The molecule has 0 fully saturated rings. The Labute approximate surface area is 158 Å². The van der Waals surface area contributed by atoms with Gasteiger partial charge in [0.15, 0.2) is 9.34 Å². The van der Waals surface area contributed by atoms with Crippen molar-refractivity contribution < 1.29 is 17.9 Å². The Morgan fingerprint density at radius 1 is 1.31 bits per heavy atom. The van der Waals surface area contributed by atoms with Gasteiger partial charge in [-0.2, -0.15) is 0 Å². The molecule has 144 valence electrons. The van der Waals surface area contributed by atoms with Gasteiger partial charge in [0.1, 0.15) is 5.75 Å². The lowest BCUT2D eigenvalue weighted by atomic mass is 10.3. The number of aromatic nitrogens is 1. The summed E-state index contributed by atoms with van der Waals surface area (Å²) in [5, 5.41) is 8.05. The van der Waals surface area contributed by atoms with Crippen molar-refractivity contribution in [1.82, 2.24) is 4.98 Å². The van der Waals surface area contributed by atoms with Gasteiger partial charge < -0.3 is 10.1 Å². The highest BCUT2D eigenvalue weighted by Crippen LogP contribution is 2.28. The van der Waals surface area contributed by atoms with Gasteiger partial charge in [0.2, 0.25) is 10.0 Å². The third-order valence-electron chi connectivity index (χ3n) is 3.01. The maximum absolute atomic E-state index is 12.3. The minimum atomic E-state index is -3.86. The van der Waals surface area contributed by atoms with Gasteiger partial charge in [-0.15, -0.1) is 0 Å². The molecule has 0 atom stereocenters. The lowest BCUT2D eigenvalue weighted by Crippen LogP contribution is -2.31. The number of anilines is 2. The molecule has 1 heterocycles. The Morgan fingerprint density at radius 2 is 1.88 bits per heavy atom. The first-order valence-electron chi connectivity index (χ1n) is 8.00. The molecule has 0 bridgehead atoms. The first kappa shape index (κ1) is 21.9.